The first kappa shape index (κ1) is 8.74. The van der Waals surface area contributed by atoms with E-state index < -0.39 is 9.84 Å². The molecule has 0 aliphatic carbocycles. The van der Waals surface area contributed by atoms with Crippen LogP contribution in [0, 0.1) is 6.26 Å². The maximum atomic E-state index is 10.9. The third kappa shape index (κ3) is 2.31. The Kier molecular flexibility index (Phi) is 2.34. The van der Waals surface area contributed by atoms with Crippen LogP contribution >= 0.6 is 15.9 Å². The smallest absolute Gasteiger partial charge is 0.179 e. The zero-order valence-electron chi connectivity index (χ0n) is 5.62. The second-order valence-electron chi connectivity index (χ2n) is 2.07. The van der Waals surface area contributed by atoms with Gasteiger partial charge in [0.1, 0.15) is 0 Å². The molecule has 0 atom stereocenters. The Morgan fingerprint density at radius 3 is 2.36 bits per heavy atom. The molecular weight excluding hydrogens is 228 g/mol. The summed E-state index contributed by atoms with van der Waals surface area (Å²) in [4.78, 5) is 0.229. The lowest BCUT2D eigenvalue weighted by Gasteiger charge is -1.96. The van der Waals surface area contributed by atoms with E-state index in [1.165, 1.54) is 12.1 Å². The van der Waals surface area contributed by atoms with E-state index in [-0.39, 0.29) is 4.90 Å². The van der Waals surface area contributed by atoms with E-state index in [1.807, 2.05) is 0 Å². The van der Waals surface area contributed by atoms with Gasteiger partial charge in [0.2, 0.25) is 0 Å². The molecule has 0 spiro atoms. The van der Waals surface area contributed by atoms with Crippen LogP contribution in [-0.2, 0) is 9.84 Å². The molecule has 0 saturated carbocycles. The molecule has 2 nitrogen and oxygen atoms in total. The van der Waals surface area contributed by atoms with Gasteiger partial charge in [-0.25, -0.2) is 8.42 Å². The van der Waals surface area contributed by atoms with Gasteiger partial charge in [-0.15, -0.1) is 0 Å². The third-order valence-corrected chi connectivity index (χ3v) is 2.62. The normalized spacial score (nSPS) is 11.5. The number of benzene rings is 1. The van der Waals surface area contributed by atoms with E-state index in [0.717, 1.165) is 4.47 Å². The van der Waals surface area contributed by atoms with Crippen molar-refractivity contribution in [2.45, 2.75) is 4.90 Å². The third-order valence-electron chi connectivity index (χ3n) is 1.16. The van der Waals surface area contributed by atoms with Crippen molar-refractivity contribution in [1.82, 2.24) is 0 Å². The molecule has 0 aliphatic rings. The fourth-order valence-electron chi connectivity index (χ4n) is 0.660. The quantitative estimate of drug-likeness (QED) is 0.744. The molecule has 0 aliphatic heterocycles. The molecule has 0 N–H and O–H groups in total. The summed E-state index contributed by atoms with van der Waals surface area (Å²) in [7, 11) is -3.31. The zero-order chi connectivity index (χ0) is 8.48. The molecule has 0 saturated heterocycles. The summed E-state index contributed by atoms with van der Waals surface area (Å²) in [5, 5.41) is 0. The van der Waals surface area contributed by atoms with Crippen LogP contribution in [0.2, 0.25) is 0 Å². The highest BCUT2D eigenvalue weighted by molar-refractivity contribution is 9.10. The second kappa shape index (κ2) is 2.95. The topological polar surface area (TPSA) is 34.1 Å². The van der Waals surface area contributed by atoms with Gasteiger partial charge in [0.05, 0.1) is 11.2 Å². The molecule has 11 heavy (non-hydrogen) atoms. The minimum atomic E-state index is -3.31. The highest BCUT2D eigenvalue weighted by atomic mass is 79.9. The van der Waals surface area contributed by atoms with Crippen molar-refractivity contribution in [3.8, 4) is 0 Å². The van der Waals surface area contributed by atoms with Crippen molar-refractivity contribution in [3.63, 3.8) is 0 Å². The fourth-order valence-corrected chi connectivity index (χ4v) is 1.80. The molecule has 4 heteroatoms. The summed E-state index contributed by atoms with van der Waals surface area (Å²) < 4.78 is 22.4. The summed E-state index contributed by atoms with van der Waals surface area (Å²) in [5.41, 5.74) is 0. The highest BCUT2D eigenvalue weighted by Gasteiger charge is 2.05. The Morgan fingerprint density at radius 2 is 2.00 bits per heavy atom. The van der Waals surface area contributed by atoms with Gasteiger partial charge in [-0.05, 0) is 18.2 Å². The molecule has 1 aromatic rings. The molecule has 0 amide bonds. The average Bonchev–Trinajstić information content (AvgIpc) is 1.86. The fraction of sp³-hybridized carbons (Fsp3) is 0. The van der Waals surface area contributed by atoms with Gasteiger partial charge < -0.3 is 0 Å². The van der Waals surface area contributed by atoms with E-state index in [4.69, 9.17) is 0 Å². The maximum absolute atomic E-state index is 10.9. The molecule has 0 bridgehead atoms. The van der Waals surface area contributed by atoms with Crippen molar-refractivity contribution in [2.24, 2.45) is 0 Å². The first-order valence-corrected chi connectivity index (χ1v) is 5.28. The summed E-state index contributed by atoms with van der Waals surface area (Å²) in [5.74, 6) is 0. The van der Waals surface area contributed by atoms with Crippen LogP contribution in [0.15, 0.2) is 33.6 Å². The Morgan fingerprint density at radius 1 is 1.36 bits per heavy atom. The van der Waals surface area contributed by atoms with Gasteiger partial charge in [0.25, 0.3) is 0 Å². The van der Waals surface area contributed by atoms with Crippen LogP contribution in [0.3, 0.4) is 0 Å². The molecule has 59 valence electrons. The molecule has 1 rings (SSSR count). The molecule has 0 aromatic heterocycles. The van der Waals surface area contributed by atoms with Gasteiger partial charge >= 0.3 is 0 Å². The summed E-state index contributed by atoms with van der Waals surface area (Å²) in [6.45, 7) is 0. The van der Waals surface area contributed by atoms with Crippen LogP contribution in [0.1, 0.15) is 0 Å². The number of hydrogen-bond donors (Lipinski definition) is 0. The molecule has 0 unspecified atom stereocenters. The molecule has 1 radical (unpaired) electrons. The van der Waals surface area contributed by atoms with Gasteiger partial charge in [-0.3, -0.25) is 0 Å². The van der Waals surface area contributed by atoms with Gasteiger partial charge in [-0.2, -0.15) is 0 Å². The zero-order valence-corrected chi connectivity index (χ0v) is 8.02. The van der Waals surface area contributed by atoms with Crippen molar-refractivity contribution >= 4 is 25.8 Å². The van der Waals surface area contributed by atoms with Crippen molar-refractivity contribution < 1.29 is 8.42 Å². The average molecular weight is 234 g/mol. The van der Waals surface area contributed by atoms with Crippen molar-refractivity contribution in [2.75, 3.05) is 0 Å². The Hall–Kier alpha value is -0.350. The minimum absolute atomic E-state index is 0.229. The summed E-state index contributed by atoms with van der Waals surface area (Å²) in [6.07, 6.45) is 3.03. The van der Waals surface area contributed by atoms with Crippen LogP contribution in [0.4, 0.5) is 0 Å². The lowest BCUT2D eigenvalue weighted by Crippen LogP contribution is -1.92. The first-order valence-electron chi connectivity index (χ1n) is 2.84. The van der Waals surface area contributed by atoms with Crippen molar-refractivity contribution in [3.05, 3.63) is 35.0 Å². The SMILES string of the molecule is [CH2]S(=O)(=O)c1cccc(Br)c1. The number of halogens is 1. The number of sulfone groups is 1. The van der Waals surface area contributed by atoms with Crippen LogP contribution in [0.5, 0.6) is 0 Å². The van der Waals surface area contributed by atoms with E-state index in [1.54, 1.807) is 12.1 Å². The van der Waals surface area contributed by atoms with E-state index in [0.29, 0.717) is 0 Å². The van der Waals surface area contributed by atoms with Crippen LogP contribution < -0.4 is 0 Å². The Bertz CT molecular complexity index is 356. The summed E-state index contributed by atoms with van der Waals surface area (Å²) in [6, 6.07) is 6.44. The lowest BCUT2D eigenvalue weighted by molar-refractivity contribution is 0.604. The maximum Gasteiger partial charge on any atom is 0.179 e. The second-order valence-corrected chi connectivity index (χ2v) is 4.69. The Balaban J connectivity index is 3.28. The molecular formula is C7H6BrO2S. The number of hydrogen-bond acceptors (Lipinski definition) is 2. The predicted molar refractivity (Wildman–Crippen MR) is 46.7 cm³/mol. The Labute approximate surface area is 74.3 Å². The van der Waals surface area contributed by atoms with Gasteiger partial charge in [-0.1, -0.05) is 22.0 Å². The largest absolute Gasteiger partial charge is 0.224 e. The van der Waals surface area contributed by atoms with E-state index >= 15 is 0 Å². The minimum Gasteiger partial charge on any atom is -0.224 e. The van der Waals surface area contributed by atoms with Crippen molar-refractivity contribution in [1.29, 1.82) is 0 Å². The van der Waals surface area contributed by atoms with Gasteiger partial charge in [0, 0.05) is 4.47 Å². The van der Waals surface area contributed by atoms with Crippen LogP contribution in [-0.4, -0.2) is 8.42 Å². The molecule has 0 heterocycles. The first-order chi connectivity index (χ1) is 5.00. The van der Waals surface area contributed by atoms with Crippen LogP contribution in [0.25, 0.3) is 0 Å². The molecule has 1 aromatic carbocycles. The van der Waals surface area contributed by atoms with Gasteiger partial charge in [0.15, 0.2) is 9.84 Å². The monoisotopic (exact) mass is 233 g/mol. The number of rotatable bonds is 1. The lowest BCUT2D eigenvalue weighted by atomic mass is 10.4. The molecule has 0 fully saturated rings. The highest BCUT2D eigenvalue weighted by Crippen LogP contribution is 2.15. The van der Waals surface area contributed by atoms with E-state index in [2.05, 4.69) is 22.2 Å². The standard InChI is InChI=1S/C7H6BrO2S/c1-11(9,10)7-4-2-3-6(8)5-7/h2-5H,1H2. The predicted octanol–water partition coefficient (Wildman–Crippen LogP) is 2.01. The summed E-state index contributed by atoms with van der Waals surface area (Å²) >= 11 is 3.16. The van der Waals surface area contributed by atoms with E-state index in [9.17, 15) is 8.42 Å².